The number of imidazole rings is 1. The largest absolute Gasteiger partial charge is 0.295 e. The van der Waals surface area contributed by atoms with Crippen molar-refractivity contribution in [3.63, 3.8) is 0 Å². The van der Waals surface area contributed by atoms with E-state index in [4.69, 9.17) is 19.9 Å². The summed E-state index contributed by atoms with van der Waals surface area (Å²) in [5, 5.41) is 0. The van der Waals surface area contributed by atoms with Crippen molar-refractivity contribution >= 4 is 16.6 Å². The van der Waals surface area contributed by atoms with Crippen molar-refractivity contribution in [2.24, 2.45) is 0 Å². The zero-order chi connectivity index (χ0) is 29.6. The van der Waals surface area contributed by atoms with Crippen molar-refractivity contribution in [3.8, 4) is 39.6 Å². The lowest BCUT2D eigenvalue weighted by atomic mass is 9.86. The minimum Gasteiger partial charge on any atom is -0.295 e. The Balaban J connectivity index is 1.27. The topological polar surface area (TPSA) is 56.5 Å². The van der Waals surface area contributed by atoms with Crippen molar-refractivity contribution in [2.75, 3.05) is 0 Å². The number of nitrogens with zero attached hydrogens (tertiary/aromatic N) is 5. The Kier molecular flexibility index (Phi) is 6.43. The van der Waals surface area contributed by atoms with Crippen molar-refractivity contribution in [1.82, 2.24) is 24.5 Å². The second-order valence-electron chi connectivity index (χ2n) is 11.2. The number of rotatable bonds is 6. The fourth-order valence-corrected chi connectivity index (χ4v) is 5.84. The van der Waals surface area contributed by atoms with Crippen LogP contribution >= 0.6 is 0 Å². The Bertz CT molecular complexity index is 2060. The van der Waals surface area contributed by atoms with E-state index in [2.05, 4.69) is 91.7 Å². The van der Waals surface area contributed by atoms with Crippen LogP contribution in [-0.2, 0) is 5.41 Å². The Morgan fingerprint density at radius 2 is 1.37 bits per heavy atom. The number of aromatic nitrogens is 5. The maximum Gasteiger partial charge on any atom is 0.164 e. The summed E-state index contributed by atoms with van der Waals surface area (Å²) in [6.07, 6.45) is 7.67. The molecule has 7 rings (SSSR count). The van der Waals surface area contributed by atoms with Gasteiger partial charge in [-0.15, -0.1) is 0 Å². The zero-order valence-electron chi connectivity index (χ0n) is 24.5. The number of hydrogen-bond acceptors (Lipinski definition) is 4. The highest BCUT2D eigenvalue weighted by Gasteiger charge is 2.38. The van der Waals surface area contributed by atoms with Gasteiger partial charge in [0.2, 0.25) is 0 Å². The van der Waals surface area contributed by atoms with Gasteiger partial charge in [0.15, 0.2) is 17.5 Å². The minimum absolute atomic E-state index is 0.146. The number of benzene rings is 4. The van der Waals surface area contributed by atoms with Gasteiger partial charge in [-0.2, -0.15) is 0 Å². The van der Waals surface area contributed by atoms with Gasteiger partial charge < -0.3 is 0 Å². The molecular weight excluding hydrogens is 526 g/mol. The lowest BCUT2D eigenvalue weighted by Gasteiger charge is -2.17. The maximum atomic E-state index is 5.12. The zero-order valence-corrected chi connectivity index (χ0v) is 24.5. The first-order valence-corrected chi connectivity index (χ1v) is 14.5. The van der Waals surface area contributed by atoms with Crippen LogP contribution in [0, 0.1) is 0 Å². The molecule has 0 N–H and O–H groups in total. The Hall–Kier alpha value is -5.42. The highest BCUT2D eigenvalue weighted by Crippen LogP contribution is 2.44. The molecule has 208 valence electrons. The van der Waals surface area contributed by atoms with Crippen LogP contribution in [-0.4, -0.2) is 24.5 Å². The summed E-state index contributed by atoms with van der Waals surface area (Å²) >= 11 is 0. The lowest BCUT2D eigenvalue weighted by Crippen LogP contribution is -2.16. The molecule has 0 fully saturated rings. The normalized spacial score (nSPS) is 13.8. The van der Waals surface area contributed by atoms with E-state index in [-0.39, 0.29) is 5.41 Å². The van der Waals surface area contributed by atoms with Crippen molar-refractivity contribution in [2.45, 2.75) is 26.2 Å². The van der Waals surface area contributed by atoms with E-state index in [0.717, 1.165) is 44.7 Å². The average molecular weight is 558 g/mol. The van der Waals surface area contributed by atoms with Gasteiger partial charge >= 0.3 is 0 Å². The molecule has 43 heavy (non-hydrogen) atoms. The molecule has 1 aliphatic heterocycles. The molecule has 1 aliphatic rings. The molecule has 0 bridgehead atoms. The molecule has 0 amide bonds. The van der Waals surface area contributed by atoms with E-state index < -0.39 is 0 Å². The smallest absolute Gasteiger partial charge is 0.164 e. The molecule has 6 aromatic rings. The van der Waals surface area contributed by atoms with Crippen LogP contribution in [0.1, 0.15) is 38.0 Å². The first-order valence-electron chi connectivity index (χ1n) is 14.5. The Morgan fingerprint density at radius 1 is 0.721 bits per heavy atom. The number of para-hydroxylation sites is 1. The van der Waals surface area contributed by atoms with Crippen molar-refractivity contribution in [1.29, 1.82) is 0 Å². The van der Waals surface area contributed by atoms with Crippen LogP contribution in [0.15, 0.2) is 128 Å². The molecule has 0 aliphatic carbocycles. The predicted molar refractivity (Wildman–Crippen MR) is 176 cm³/mol. The Labute approximate surface area is 251 Å². The molecule has 5 nitrogen and oxygen atoms in total. The van der Waals surface area contributed by atoms with Gasteiger partial charge in [-0.3, -0.25) is 4.57 Å². The summed E-state index contributed by atoms with van der Waals surface area (Å²) in [5.41, 5.74) is 9.42. The summed E-state index contributed by atoms with van der Waals surface area (Å²) in [4.78, 5) is 19.6. The van der Waals surface area contributed by atoms with Gasteiger partial charge in [-0.1, -0.05) is 110 Å². The first-order chi connectivity index (χ1) is 21.0. The average Bonchev–Trinajstić information content (AvgIpc) is 3.54. The van der Waals surface area contributed by atoms with Gasteiger partial charge in [0.05, 0.1) is 22.1 Å². The van der Waals surface area contributed by atoms with E-state index in [1.807, 2.05) is 55.5 Å². The molecule has 3 heterocycles. The quantitative estimate of drug-likeness (QED) is 0.192. The number of hydrogen-bond donors (Lipinski definition) is 0. The Morgan fingerprint density at radius 3 is 2.09 bits per heavy atom. The molecule has 0 saturated carbocycles. The summed E-state index contributed by atoms with van der Waals surface area (Å²) in [5.74, 6) is 2.91. The molecule has 0 atom stereocenters. The molecule has 0 unspecified atom stereocenters. The van der Waals surface area contributed by atoms with Crippen LogP contribution < -0.4 is 0 Å². The van der Waals surface area contributed by atoms with E-state index in [1.165, 1.54) is 11.3 Å². The minimum atomic E-state index is -0.146. The fourth-order valence-electron chi connectivity index (χ4n) is 5.84. The predicted octanol–water partition coefficient (Wildman–Crippen LogP) is 9.00. The second-order valence-corrected chi connectivity index (χ2v) is 11.2. The van der Waals surface area contributed by atoms with Gasteiger partial charge in [0.25, 0.3) is 0 Å². The van der Waals surface area contributed by atoms with E-state index >= 15 is 0 Å². The molecular formula is C38H31N5. The molecule has 0 saturated heterocycles. The highest BCUT2D eigenvalue weighted by molar-refractivity contribution is 5.86. The SMILES string of the molecule is C=C/C(=C\C=C/C)c1nc(-c2ccccc2)nc(-c2ccc(-c3ccc4c(c3)nc3n4-c4ccccc4C3(C)C)cc2)n1. The summed E-state index contributed by atoms with van der Waals surface area (Å²) in [7, 11) is 0. The van der Waals surface area contributed by atoms with E-state index in [9.17, 15) is 0 Å². The van der Waals surface area contributed by atoms with Crippen molar-refractivity contribution < 1.29 is 0 Å². The third kappa shape index (κ3) is 4.50. The van der Waals surface area contributed by atoms with Crippen LogP contribution in [0.25, 0.3) is 56.2 Å². The fraction of sp³-hybridized carbons (Fsp3) is 0.105. The lowest BCUT2D eigenvalue weighted by molar-refractivity contribution is 0.621. The van der Waals surface area contributed by atoms with Gasteiger partial charge in [-0.25, -0.2) is 19.9 Å². The van der Waals surface area contributed by atoms with Crippen molar-refractivity contribution in [3.05, 3.63) is 145 Å². The summed E-state index contributed by atoms with van der Waals surface area (Å²) in [6.45, 7) is 10.5. The van der Waals surface area contributed by atoms with Gasteiger partial charge in [0, 0.05) is 16.7 Å². The van der Waals surface area contributed by atoms with Crippen LogP contribution in [0.3, 0.4) is 0 Å². The summed E-state index contributed by atoms with van der Waals surface area (Å²) < 4.78 is 2.31. The molecule has 2 aromatic heterocycles. The standard InChI is InChI=1S/C38H31N5/c1-5-7-13-25(6-2)34-40-35(27-14-9-8-10-15-27)42-36(41-34)28-20-18-26(19-21-28)29-22-23-33-31(24-29)39-37-38(3,4)30-16-11-12-17-32(30)43(33)37/h5-24H,2H2,1,3-4H3/b7-5-,25-13+. The van der Waals surface area contributed by atoms with Crippen LogP contribution in [0.2, 0.25) is 0 Å². The third-order valence-electron chi connectivity index (χ3n) is 8.12. The second kappa shape index (κ2) is 10.4. The molecule has 0 radical (unpaired) electrons. The van der Waals surface area contributed by atoms with Crippen LogP contribution in [0.4, 0.5) is 0 Å². The molecule has 5 heteroatoms. The summed E-state index contributed by atoms with van der Waals surface area (Å²) in [6, 6.07) is 33.5. The third-order valence-corrected chi connectivity index (χ3v) is 8.12. The van der Waals surface area contributed by atoms with E-state index in [1.54, 1.807) is 6.08 Å². The number of allylic oxidation sites excluding steroid dienone is 5. The van der Waals surface area contributed by atoms with Gasteiger partial charge in [-0.05, 0) is 55.7 Å². The maximum absolute atomic E-state index is 5.12. The van der Waals surface area contributed by atoms with Gasteiger partial charge in [0.1, 0.15) is 5.82 Å². The molecule has 0 spiro atoms. The molecule has 4 aromatic carbocycles. The monoisotopic (exact) mass is 557 g/mol. The highest BCUT2D eigenvalue weighted by atomic mass is 15.1. The van der Waals surface area contributed by atoms with E-state index in [0.29, 0.717) is 17.5 Å². The number of fused-ring (bicyclic) bond motifs is 5. The first kappa shape index (κ1) is 26.5. The van der Waals surface area contributed by atoms with Crippen LogP contribution in [0.5, 0.6) is 0 Å².